The summed E-state index contributed by atoms with van der Waals surface area (Å²) in [5.74, 6) is 0.690. The molecule has 2 amide bonds. The minimum atomic E-state index is -0.0152. The van der Waals surface area contributed by atoms with Gasteiger partial charge in [0.25, 0.3) is 0 Å². The van der Waals surface area contributed by atoms with Crippen LogP contribution in [-0.4, -0.2) is 47.6 Å². The summed E-state index contributed by atoms with van der Waals surface area (Å²) in [5, 5.41) is 12.1. The van der Waals surface area contributed by atoms with Crippen LogP contribution in [0, 0.1) is 17.8 Å². The lowest BCUT2D eigenvalue weighted by Gasteiger charge is -2.32. The van der Waals surface area contributed by atoms with Crippen LogP contribution in [0.2, 0.25) is 0 Å². The van der Waals surface area contributed by atoms with Crippen LogP contribution in [-0.2, 0) is 9.59 Å². The first kappa shape index (κ1) is 15.3. The molecule has 114 valence electrons. The zero-order valence-electron chi connectivity index (χ0n) is 12.5. The largest absolute Gasteiger partial charge is 0.396 e. The van der Waals surface area contributed by atoms with E-state index in [9.17, 15) is 9.59 Å². The van der Waals surface area contributed by atoms with Gasteiger partial charge in [-0.3, -0.25) is 9.59 Å². The van der Waals surface area contributed by atoms with Crippen LogP contribution in [0.3, 0.4) is 0 Å². The third-order valence-corrected chi connectivity index (χ3v) is 4.62. The van der Waals surface area contributed by atoms with E-state index in [0.717, 1.165) is 25.7 Å². The molecule has 2 unspecified atom stereocenters. The van der Waals surface area contributed by atoms with Crippen molar-refractivity contribution < 1.29 is 14.7 Å². The molecule has 0 spiro atoms. The van der Waals surface area contributed by atoms with Crippen molar-refractivity contribution >= 4 is 11.8 Å². The first-order valence-electron chi connectivity index (χ1n) is 7.73. The van der Waals surface area contributed by atoms with Crippen molar-refractivity contribution in [1.82, 2.24) is 10.2 Å². The van der Waals surface area contributed by atoms with E-state index >= 15 is 0 Å². The molecule has 2 atom stereocenters. The summed E-state index contributed by atoms with van der Waals surface area (Å²) < 4.78 is 0. The highest BCUT2D eigenvalue weighted by Gasteiger charge is 2.36. The summed E-state index contributed by atoms with van der Waals surface area (Å²) in [6, 6.07) is -0.0152. The smallest absolute Gasteiger partial charge is 0.225 e. The maximum atomic E-state index is 12.2. The third-order valence-electron chi connectivity index (χ3n) is 4.62. The standard InChI is InChI=1S/C15H26N2O3/c1-10(9-18)11(2)16-14(19)12-5-7-17(8-6-12)15(20)13-3-4-13/h10-13,18H,3-9H2,1-2H3,(H,16,19). The van der Waals surface area contributed by atoms with E-state index in [1.807, 2.05) is 18.7 Å². The number of aliphatic hydroxyl groups excluding tert-OH is 1. The van der Waals surface area contributed by atoms with Gasteiger partial charge in [0.1, 0.15) is 0 Å². The van der Waals surface area contributed by atoms with Gasteiger partial charge >= 0.3 is 0 Å². The molecule has 1 heterocycles. The number of carbonyl (C=O) groups excluding carboxylic acids is 2. The van der Waals surface area contributed by atoms with Crippen LogP contribution in [0.5, 0.6) is 0 Å². The van der Waals surface area contributed by atoms with Crippen LogP contribution >= 0.6 is 0 Å². The van der Waals surface area contributed by atoms with E-state index in [-0.39, 0.29) is 42.2 Å². The van der Waals surface area contributed by atoms with Gasteiger partial charge in [0.2, 0.25) is 11.8 Å². The fourth-order valence-corrected chi connectivity index (χ4v) is 2.59. The monoisotopic (exact) mass is 282 g/mol. The predicted octanol–water partition coefficient (Wildman–Crippen LogP) is 0.768. The summed E-state index contributed by atoms with van der Waals surface area (Å²) in [6.07, 6.45) is 3.58. The number of rotatable bonds is 5. The lowest BCUT2D eigenvalue weighted by Crippen LogP contribution is -2.46. The van der Waals surface area contributed by atoms with Gasteiger partial charge in [0.05, 0.1) is 0 Å². The Morgan fingerprint density at radius 1 is 1.15 bits per heavy atom. The highest BCUT2D eigenvalue weighted by molar-refractivity contribution is 5.82. The SMILES string of the molecule is CC(CO)C(C)NC(=O)C1CCN(C(=O)C2CC2)CC1. The Morgan fingerprint density at radius 2 is 1.75 bits per heavy atom. The molecule has 5 heteroatoms. The molecule has 0 bridgehead atoms. The second kappa shape index (κ2) is 6.57. The molecule has 2 aliphatic rings. The number of likely N-dealkylation sites (tertiary alicyclic amines) is 1. The van der Waals surface area contributed by atoms with E-state index in [4.69, 9.17) is 5.11 Å². The highest BCUT2D eigenvalue weighted by atomic mass is 16.3. The zero-order chi connectivity index (χ0) is 14.7. The fraction of sp³-hybridized carbons (Fsp3) is 0.867. The van der Waals surface area contributed by atoms with Gasteiger partial charge in [0.15, 0.2) is 0 Å². The lowest BCUT2D eigenvalue weighted by atomic mass is 9.94. The summed E-state index contributed by atoms with van der Waals surface area (Å²) in [6.45, 7) is 5.33. The molecule has 0 aromatic carbocycles. The van der Waals surface area contributed by atoms with Gasteiger partial charge in [-0.15, -0.1) is 0 Å². The molecule has 0 aromatic rings. The predicted molar refractivity (Wildman–Crippen MR) is 75.9 cm³/mol. The summed E-state index contributed by atoms with van der Waals surface area (Å²) in [7, 11) is 0. The number of hydrogen-bond acceptors (Lipinski definition) is 3. The molecular formula is C15H26N2O3. The van der Waals surface area contributed by atoms with Gasteiger partial charge in [-0.2, -0.15) is 0 Å². The van der Waals surface area contributed by atoms with Crippen molar-refractivity contribution in [2.45, 2.75) is 45.6 Å². The van der Waals surface area contributed by atoms with Crippen LogP contribution < -0.4 is 5.32 Å². The third kappa shape index (κ3) is 3.72. The Morgan fingerprint density at radius 3 is 2.25 bits per heavy atom. The Labute approximate surface area is 120 Å². The van der Waals surface area contributed by atoms with Crippen molar-refractivity contribution in [3.05, 3.63) is 0 Å². The van der Waals surface area contributed by atoms with Crippen LogP contribution in [0.1, 0.15) is 39.5 Å². The van der Waals surface area contributed by atoms with Gasteiger partial charge in [-0.25, -0.2) is 0 Å². The first-order valence-corrected chi connectivity index (χ1v) is 7.73. The van der Waals surface area contributed by atoms with E-state index in [1.54, 1.807) is 0 Å². The Bertz CT molecular complexity index is 360. The quantitative estimate of drug-likeness (QED) is 0.782. The number of piperidine rings is 1. The summed E-state index contributed by atoms with van der Waals surface area (Å²) in [4.78, 5) is 26.0. The molecule has 2 fully saturated rings. The minimum Gasteiger partial charge on any atom is -0.396 e. The summed E-state index contributed by atoms with van der Waals surface area (Å²) in [5.41, 5.74) is 0. The molecule has 2 rings (SSSR count). The molecule has 1 aliphatic carbocycles. The number of hydrogen-bond donors (Lipinski definition) is 2. The Hall–Kier alpha value is -1.10. The number of nitrogens with zero attached hydrogens (tertiary/aromatic N) is 1. The van der Waals surface area contributed by atoms with Crippen molar-refractivity contribution in [1.29, 1.82) is 0 Å². The van der Waals surface area contributed by atoms with E-state index in [1.165, 1.54) is 0 Å². The topological polar surface area (TPSA) is 69.6 Å². The minimum absolute atomic E-state index is 0.00611. The first-order chi connectivity index (χ1) is 9.52. The maximum absolute atomic E-state index is 12.2. The highest BCUT2D eigenvalue weighted by Crippen LogP contribution is 2.32. The molecule has 20 heavy (non-hydrogen) atoms. The number of nitrogens with one attached hydrogen (secondary N) is 1. The summed E-state index contributed by atoms with van der Waals surface area (Å²) >= 11 is 0. The Balaban J connectivity index is 1.75. The molecule has 0 aromatic heterocycles. The van der Waals surface area contributed by atoms with Gasteiger partial charge in [-0.05, 0) is 38.5 Å². The van der Waals surface area contributed by atoms with Gasteiger partial charge in [0, 0.05) is 37.6 Å². The maximum Gasteiger partial charge on any atom is 0.225 e. The number of aliphatic hydroxyl groups is 1. The molecule has 1 saturated carbocycles. The second-order valence-electron chi connectivity index (χ2n) is 6.33. The zero-order valence-corrected chi connectivity index (χ0v) is 12.5. The molecular weight excluding hydrogens is 256 g/mol. The van der Waals surface area contributed by atoms with Crippen molar-refractivity contribution in [2.24, 2.45) is 17.8 Å². The molecule has 2 N–H and O–H groups in total. The van der Waals surface area contributed by atoms with Crippen LogP contribution in [0.4, 0.5) is 0 Å². The molecule has 5 nitrogen and oxygen atoms in total. The van der Waals surface area contributed by atoms with Crippen molar-refractivity contribution in [3.8, 4) is 0 Å². The number of carbonyl (C=O) groups is 2. The molecule has 0 radical (unpaired) electrons. The van der Waals surface area contributed by atoms with Crippen LogP contribution in [0.25, 0.3) is 0 Å². The van der Waals surface area contributed by atoms with Crippen molar-refractivity contribution in [3.63, 3.8) is 0 Å². The van der Waals surface area contributed by atoms with Crippen LogP contribution in [0.15, 0.2) is 0 Å². The van der Waals surface area contributed by atoms with Gasteiger partial charge < -0.3 is 15.3 Å². The fourth-order valence-electron chi connectivity index (χ4n) is 2.59. The molecule has 1 aliphatic heterocycles. The van der Waals surface area contributed by atoms with Gasteiger partial charge in [-0.1, -0.05) is 6.92 Å². The number of amides is 2. The average Bonchev–Trinajstić information content (AvgIpc) is 3.30. The van der Waals surface area contributed by atoms with E-state index < -0.39 is 0 Å². The average molecular weight is 282 g/mol. The van der Waals surface area contributed by atoms with E-state index in [0.29, 0.717) is 13.1 Å². The van der Waals surface area contributed by atoms with Crippen molar-refractivity contribution in [2.75, 3.05) is 19.7 Å². The lowest BCUT2D eigenvalue weighted by molar-refractivity contribution is -0.136. The second-order valence-corrected chi connectivity index (χ2v) is 6.33. The normalized spacial score (nSPS) is 23.2. The van der Waals surface area contributed by atoms with E-state index in [2.05, 4.69) is 5.32 Å². The molecule has 1 saturated heterocycles. The Kier molecular flexibility index (Phi) is 5.02.